The summed E-state index contributed by atoms with van der Waals surface area (Å²) in [5.41, 5.74) is -0.682. The monoisotopic (exact) mass is 515 g/mol. The molecule has 0 bridgehead atoms. The number of amides is 1. The third-order valence-electron chi connectivity index (χ3n) is 3.79. The molecule has 31 heavy (non-hydrogen) atoms. The number of ether oxygens (including phenoxy) is 2. The number of hydrogen-bond donors (Lipinski definition) is 1. The van der Waals surface area contributed by atoms with Crippen molar-refractivity contribution in [2.75, 3.05) is 19.8 Å². The van der Waals surface area contributed by atoms with Gasteiger partial charge in [-0.3, -0.25) is 4.79 Å². The standard InChI is InChI=1S/C20H16Cl4F3NO3/c21-15-10-14(11-16(22)18(15)31-9-6-17(23)24)30-8-1-7-28-19(29)12-2-4-13(5-3-12)20(25,26)27/h2-6,10-11H,1,7-9H2,(H,28,29). The van der Waals surface area contributed by atoms with Crippen LogP contribution in [0.1, 0.15) is 22.3 Å². The third-order valence-corrected chi connectivity index (χ3v) is 4.66. The Morgan fingerprint density at radius 3 is 2.19 bits per heavy atom. The molecule has 2 aromatic rings. The first kappa shape index (κ1) is 25.5. The first-order valence-corrected chi connectivity index (χ1v) is 10.3. The van der Waals surface area contributed by atoms with Crippen LogP contribution in [0.25, 0.3) is 0 Å². The highest BCUT2D eigenvalue weighted by atomic mass is 35.5. The van der Waals surface area contributed by atoms with Crippen molar-refractivity contribution in [3.05, 3.63) is 68.1 Å². The minimum atomic E-state index is -4.45. The molecule has 0 spiro atoms. The molecule has 0 fully saturated rings. The Bertz CT molecular complexity index is 907. The van der Waals surface area contributed by atoms with Crippen LogP contribution in [-0.4, -0.2) is 25.7 Å². The SMILES string of the molecule is O=C(NCCCOc1cc(Cl)c(OCC=C(Cl)Cl)c(Cl)c1)c1ccc(C(F)(F)F)cc1. The molecule has 0 aliphatic carbocycles. The van der Waals surface area contributed by atoms with E-state index in [2.05, 4.69) is 5.32 Å². The zero-order valence-corrected chi connectivity index (χ0v) is 18.8. The summed E-state index contributed by atoms with van der Waals surface area (Å²) in [5, 5.41) is 3.08. The lowest BCUT2D eigenvalue weighted by Gasteiger charge is -2.12. The fraction of sp³-hybridized carbons (Fsp3) is 0.250. The van der Waals surface area contributed by atoms with Gasteiger partial charge in [-0.2, -0.15) is 13.2 Å². The van der Waals surface area contributed by atoms with Gasteiger partial charge in [-0.1, -0.05) is 46.4 Å². The predicted octanol–water partition coefficient (Wildman–Crippen LogP) is 6.91. The van der Waals surface area contributed by atoms with Crippen LogP contribution in [0.3, 0.4) is 0 Å². The van der Waals surface area contributed by atoms with Crippen molar-refractivity contribution in [1.29, 1.82) is 0 Å². The quantitative estimate of drug-likeness (QED) is 0.368. The van der Waals surface area contributed by atoms with E-state index in [-0.39, 0.29) is 45.6 Å². The van der Waals surface area contributed by atoms with E-state index in [1.165, 1.54) is 18.2 Å². The summed E-state index contributed by atoms with van der Waals surface area (Å²) < 4.78 is 48.7. The van der Waals surface area contributed by atoms with Gasteiger partial charge in [0.15, 0.2) is 5.75 Å². The third kappa shape index (κ3) is 8.33. The van der Waals surface area contributed by atoms with E-state index >= 15 is 0 Å². The Hall–Kier alpha value is -1.80. The van der Waals surface area contributed by atoms with Gasteiger partial charge < -0.3 is 14.8 Å². The predicted molar refractivity (Wildman–Crippen MR) is 116 cm³/mol. The first-order valence-electron chi connectivity index (χ1n) is 8.79. The van der Waals surface area contributed by atoms with Gasteiger partial charge in [0.05, 0.1) is 22.2 Å². The summed E-state index contributed by atoms with van der Waals surface area (Å²) in [6.45, 7) is 0.583. The number of carbonyl (C=O) groups excluding carboxylic acids is 1. The summed E-state index contributed by atoms with van der Waals surface area (Å²) in [5.74, 6) is 0.181. The average molecular weight is 517 g/mol. The zero-order valence-electron chi connectivity index (χ0n) is 15.7. The van der Waals surface area contributed by atoms with Crippen LogP contribution < -0.4 is 14.8 Å². The van der Waals surface area contributed by atoms with Crippen LogP contribution >= 0.6 is 46.4 Å². The van der Waals surface area contributed by atoms with E-state index in [4.69, 9.17) is 55.9 Å². The molecule has 0 aromatic heterocycles. The molecule has 4 nitrogen and oxygen atoms in total. The number of carbonyl (C=O) groups is 1. The maximum atomic E-state index is 12.6. The smallest absolute Gasteiger partial charge is 0.416 e. The van der Waals surface area contributed by atoms with E-state index in [9.17, 15) is 18.0 Å². The second kappa shape index (κ2) is 11.7. The molecular formula is C20H16Cl4F3NO3. The molecule has 11 heteroatoms. The fourth-order valence-corrected chi connectivity index (χ4v) is 3.02. The second-order valence-electron chi connectivity index (χ2n) is 6.05. The van der Waals surface area contributed by atoms with Crippen molar-refractivity contribution >= 4 is 52.3 Å². The van der Waals surface area contributed by atoms with Gasteiger partial charge in [-0.25, -0.2) is 0 Å². The number of hydrogen-bond acceptors (Lipinski definition) is 3. The summed E-state index contributed by atoms with van der Waals surface area (Å²) in [4.78, 5) is 12.0. The number of benzene rings is 2. The number of rotatable bonds is 9. The van der Waals surface area contributed by atoms with Crippen LogP contribution in [-0.2, 0) is 6.18 Å². The van der Waals surface area contributed by atoms with E-state index in [0.717, 1.165) is 24.3 Å². The van der Waals surface area contributed by atoms with E-state index in [0.29, 0.717) is 12.2 Å². The first-order chi connectivity index (χ1) is 14.6. The molecule has 0 aliphatic rings. The van der Waals surface area contributed by atoms with E-state index < -0.39 is 17.6 Å². The maximum absolute atomic E-state index is 12.6. The highest BCUT2D eigenvalue weighted by molar-refractivity contribution is 6.55. The topological polar surface area (TPSA) is 47.6 Å². The average Bonchev–Trinajstić information content (AvgIpc) is 2.69. The second-order valence-corrected chi connectivity index (χ2v) is 7.88. The van der Waals surface area contributed by atoms with Crippen LogP contribution in [0.5, 0.6) is 11.5 Å². The lowest BCUT2D eigenvalue weighted by molar-refractivity contribution is -0.137. The lowest BCUT2D eigenvalue weighted by Crippen LogP contribution is -2.25. The molecule has 2 rings (SSSR count). The lowest BCUT2D eigenvalue weighted by atomic mass is 10.1. The van der Waals surface area contributed by atoms with Crippen LogP contribution in [0.4, 0.5) is 13.2 Å². The van der Waals surface area contributed by atoms with Gasteiger partial charge in [0.1, 0.15) is 16.8 Å². The zero-order chi connectivity index (χ0) is 23.0. The molecular weight excluding hydrogens is 501 g/mol. The van der Waals surface area contributed by atoms with Crippen LogP contribution in [0.2, 0.25) is 10.0 Å². The Kier molecular flexibility index (Phi) is 9.62. The van der Waals surface area contributed by atoms with Crippen molar-refractivity contribution in [2.24, 2.45) is 0 Å². The number of halogens is 7. The van der Waals surface area contributed by atoms with Crippen LogP contribution in [0, 0.1) is 0 Å². The number of alkyl halides is 3. The molecule has 0 atom stereocenters. The molecule has 0 heterocycles. The van der Waals surface area contributed by atoms with Crippen molar-refractivity contribution in [3.63, 3.8) is 0 Å². The van der Waals surface area contributed by atoms with Gasteiger partial charge in [0.25, 0.3) is 5.91 Å². The van der Waals surface area contributed by atoms with Crippen molar-refractivity contribution in [2.45, 2.75) is 12.6 Å². The molecule has 2 aromatic carbocycles. The molecule has 0 aliphatic heterocycles. The Labute approximate surface area is 196 Å². The van der Waals surface area contributed by atoms with Crippen molar-refractivity contribution in [1.82, 2.24) is 5.32 Å². The largest absolute Gasteiger partial charge is 0.493 e. The summed E-state index contributed by atoms with van der Waals surface area (Å²) in [7, 11) is 0. The number of nitrogens with one attached hydrogen (secondary N) is 1. The van der Waals surface area contributed by atoms with Crippen molar-refractivity contribution in [3.8, 4) is 11.5 Å². The highest BCUT2D eigenvalue weighted by Crippen LogP contribution is 2.37. The minimum Gasteiger partial charge on any atom is -0.493 e. The fourth-order valence-electron chi connectivity index (χ4n) is 2.32. The Morgan fingerprint density at radius 1 is 1.03 bits per heavy atom. The Balaban J connectivity index is 1.78. The molecule has 1 N–H and O–H groups in total. The van der Waals surface area contributed by atoms with Gasteiger partial charge in [-0.05, 0) is 36.8 Å². The van der Waals surface area contributed by atoms with Gasteiger partial charge in [0.2, 0.25) is 0 Å². The molecule has 168 valence electrons. The van der Waals surface area contributed by atoms with Gasteiger partial charge in [-0.15, -0.1) is 0 Å². The van der Waals surface area contributed by atoms with Gasteiger partial charge >= 0.3 is 6.18 Å². The molecule has 0 saturated carbocycles. The molecule has 0 radical (unpaired) electrons. The highest BCUT2D eigenvalue weighted by Gasteiger charge is 2.30. The van der Waals surface area contributed by atoms with Gasteiger partial charge in [0, 0.05) is 24.2 Å². The van der Waals surface area contributed by atoms with E-state index in [1.807, 2.05) is 0 Å². The minimum absolute atomic E-state index is 0.0533. The molecule has 0 unspecified atom stereocenters. The summed E-state index contributed by atoms with van der Waals surface area (Å²) >= 11 is 23.3. The summed E-state index contributed by atoms with van der Waals surface area (Å²) in [6, 6.07) is 7.02. The van der Waals surface area contributed by atoms with E-state index in [1.54, 1.807) is 0 Å². The van der Waals surface area contributed by atoms with Crippen molar-refractivity contribution < 1.29 is 27.4 Å². The molecule has 1 amide bonds. The molecule has 0 saturated heterocycles. The van der Waals surface area contributed by atoms with Crippen LogP contribution in [0.15, 0.2) is 47.0 Å². The normalized spacial score (nSPS) is 11.1. The summed E-state index contributed by atoms with van der Waals surface area (Å²) in [6.07, 6.45) is -2.57. The Morgan fingerprint density at radius 2 is 1.65 bits per heavy atom. The maximum Gasteiger partial charge on any atom is 0.416 e.